The Morgan fingerprint density at radius 3 is 2.63 bits per heavy atom. The summed E-state index contributed by atoms with van der Waals surface area (Å²) >= 11 is 0. The Labute approximate surface area is 180 Å². The molecule has 0 saturated heterocycles. The number of likely N-dealkylation sites (N-methyl/N-ethyl adjacent to an activating group) is 1. The molecule has 2 heterocycles. The van der Waals surface area contributed by atoms with Crippen molar-refractivity contribution in [3.8, 4) is 11.5 Å². The van der Waals surface area contributed by atoms with Gasteiger partial charge in [0.05, 0.1) is 13.2 Å². The number of pyridine rings is 1. The molecule has 0 aromatic carbocycles. The van der Waals surface area contributed by atoms with Gasteiger partial charge in [0.15, 0.2) is 5.82 Å². The maximum Gasteiger partial charge on any atom is 0.239 e. The van der Waals surface area contributed by atoms with Crippen LogP contribution < -0.4 is 10.2 Å². The molecule has 0 atom stereocenters. The van der Waals surface area contributed by atoms with E-state index in [2.05, 4.69) is 10.3 Å². The van der Waals surface area contributed by atoms with E-state index in [1.54, 1.807) is 13.3 Å². The number of ether oxygens (including phenoxy) is 1. The van der Waals surface area contributed by atoms with Gasteiger partial charge >= 0.3 is 0 Å². The van der Waals surface area contributed by atoms with Crippen LogP contribution >= 0.6 is 0 Å². The third-order valence-electron chi connectivity index (χ3n) is 4.53. The van der Waals surface area contributed by atoms with E-state index in [0.29, 0.717) is 12.4 Å². The number of fused-ring (bicyclic) bond motifs is 1. The van der Waals surface area contributed by atoms with Crippen molar-refractivity contribution >= 4 is 11.7 Å². The fourth-order valence-corrected chi connectivity index (χ4v) is 3.44. The lowest BCUT2D eigenvalue weighted by atomic mass is 10.1. The summed E-state index contributed by atoms with van der Waals surface area (Å²) in [6, 6.07) is 3.88. The van der Waals surface area contributed by atoms with Gasteiger partial charge in [-0.15, -0.1) is 0 Å². The number of nitrogens with zero attached hydrogens (tertiary/aromatic N) is 4. The highest BCUT2D eigenvalue weighted by Gasteiger charge is 2.24. The lowest BCUT2D eigenvalue weighted by molar-refractivity contribution is -0.121. The average Bonchev–Trinajstić information content (AvgIpc) is 3.16. The molecule has 30 heavy (non-hydrogen) atoms. The van der Waals surface area contributed by atoms with Crippen molar-refractivity contribution in [2.45, 2.75) is 66.0 Å². The Morgan fingerprint density at radius 2 is 1.97 bits per heavy atom. The molecule has 3 rings (SSSR count). The zero-order chi connectivity index (χ0) is 22.3. The Balaban J connectivity index is 0.00000155. The Morgan fingerprint density at radius 1 is 1.23 bits per heavy atom. The molecular formula is C23H35N5O2. The average molecular weight is 414 g/mol. The number of carbonyl (C=O) groups excluding carboxylic acids is 1. The predicted molar refractivity (Wildman–Crippen MR) is 121 cm³/mol. The predicted octanol–water partition coefficient (Wildman–Crippen LogP) is 3.55. The fourth-order valence-electron chi connectivity index (χ4n) is 3.44. The van der Waals surface area contributed by atoms with Gasteiger partial charge < -0.3 is 15.0 Å². The highest BCUT2D eigenvalue weighted by Crippen LogP contribution is 2.30. The molecule has 2 aromatic heterocycles. The maximum atomic E-state index is 12.4. The van der Waals surface area contributed by atoms with Crippen LogP contribution in [0.2, 0.25) is 0 Å². The van der Waals surface area contributed by atoms with E-state index in [4.69, 9.17) is 14.7 Å². The van der Waals surface area contributed by atoms with E-state index < -0.39 is 0 Å². The summed E-state index contributed by atoms with van der Waals surface area (Å²) in [7, 11) is 3.57. The SMILES string of the molecule is CC.COCc1ccnc(-c2nc3c(c(N(C)CC(=O)NC(C)(C)C)n2)CCC3)c1. The van der Waals surface area contributed by atoms with Crippen LogP contribution in [0.15, 0.2) is 18.3 Å². The molecule has 164 valence electrons. The lowest BCUT2D eigenvalue weighted by Gasteiger charge is -2.25. The molecule has 2 aromatic rings. The molecule has 0 unspecified atom stereocenters. The molecule has 1 aliphatic rings. The Kier molecular flexibility index (Phi) is 8.29. The van der Waals surface area contributed by atoms with Crippen molar-refractivity contribution in [2.75, 3.05) is 25.6 Å². The number of nitrogens with one attached hydrogen (secondary N) is 1. The van der Waals surface area contributed by atoms with Gasteiger partial charge in [-0.1, -0.05) is 13.8 Å². The summed E-state index contributed by atoms with van der Waals surface area (Å²) in [5.41, 5.74) is 3.68. The second kappa shape index (κ2) is 10.5. The van der Waals surface area contributed by atoms with Crippen LogP contribution in [0.5, 0.6) is 0 Å². The minimum absolute atomic E-state index is 0.0258. The number of amides is 1. The third kappa shape index (κ3) is 6.23. The molecule has 0 saturated carbocycles. The van der Waals surface area contributed by atoms with Crippen LogP contribution in [0.4, 0.5) is 5.82 Å². The number of carbonyl (C=O) groups is 1. The molecule has 1 N–H and O–H groups in total. The first-order valence-corrected chi connectivity index (χ1v) is 10.6. The summed E-state index contributed by atoms with van der Waals surface area (Å²) in [4.78, 5) is 28.3. The van der Waals surface area contributed by atoms with E-state index >= 15 is 0 Å². The van der Waals surface area contributed by atoms with E-state index in [1.165, 1.54) is 0 Å². The molecule has 0 radical (unpaired) electrons. The number of hydrogen-bond acceptors (Lipinski definition) is 6. The van der Waals surface area contributed by atoms with Crippen LogP contribution in [0.1, 0.15) is 57.9 Å². The van der Waals surface area contributed by atoms with E-state index in [-0.39, 0.29) is 18.0 Å². The van der Waals surface area contributed by atoms with Gasteiger partial charge in [0.25, 0.3) is 0 Å². The second-order valence-electron chi connectivity index (χ2n) is 8.29. The molecule has 1 aliphatic carbocycles. The number of methoxy groups -OCH3 is 1. The normalized spacial score (nSPS) is 12.6. The highest BCUT2D eigenvalue weighted by atomic mass is 16.5. The fraction of sp³-hybridized carbons (Fsp3) is 0.565. The number of rotatable bonds is 6. The molecule has 0 fully saturated rings. The standard InChI is InChI=1S/C21H29N5O2.C2H6/c1-21(2,3)25-18(27)12-26(4)20-15-7-6-8-16(15)23-19(24-20)17-11-14(13-28-5)9-10-22-17;1-2/h9-11H,6-8,12-13H2,1-5H3,(H,25,27);1-2H3. The number of aromatic nitrogens is 3. The summed E-state index contributed by atoms with van der Waals surface area (Å²) in [6.45, 7) is 10.7. The monoisotopic (exact) mass is 413 g/mol. The molecule has 0 spiro atoms. The first kappa shape index (κ1) is 23.7. The van der Waals surface area contributed by atoms with Crippen LogP contribution in [0, 0.1) is 0 Å². The molecule has 7 heteroatoms. The first-order chi connectivity index (χ1) is 14.3. The van der Waals surface area contributed by atoms with Gasteiger partial charge in [-0.05, 0) is 57.7 Å². The van der Waals surface area contributed by atoms with Gasteiger partial charge in [0.1, 0.15) is 11.5 Å². The van der Waals surface area contributed by atoms with Gasteiger partial charge in [-0.3, -0.25) is 9.78 Å². The zero-order valence-electron chi connectivity index (χ0n) is 19.4. The lowest BCUT2D eigenvalue weighted by Crippen LogP contribution is -2.45. The largest absolute Gasteiger partial charge is 0.380 e. The number of aryl methyl sites for hydroxylation is 1. The van der Waals surface area contributed by atoms with E-state index in [0.717, 1.165) is 47.6 Å². The van der Waals surface area contributed by atoms with Crippen LogP contribution in [0.25, 0.3) is 11.5 Å². The van der Waals surface area contributed by atoms with Crippen molar-refractivity contribution in [3.05, 3.63) is 35.2 Å². The van der Waals surface area contributed by atoms with Crippen LogP contribution in [-0.4, -0.2) is 47.1 Å². The summed E-state index contributed by atoms with van der Waals surface area (Å²) in [6.07, 6.45) is 4.67. The molecule has 7 nitrogen and oxygen atoms in total. The first-order valence-electron chi connectivity index (χ1n) is 10.6. The number of hydrogen-bond donors (Lipinski definition) is 1. The Bertz CT molecular complexity index is 861. The third-order valence-corrected chi connectivity index (χ3v) is 4.53. The van der Waals surface area contributed by atoms with Crippen molar-refractivity contribution in [2.24, 2.45) is 0 Å². The zero-order valence-corrected chi connectivity index (χ0v) is 19.4. The quantitative estimate of drug-likeness (QED) is 0.780. The van der Waals surface area contributed by atoms with Gasteiger partial charge in [0.2, 0.25) is 5.91 Å². The van der Waals surface area contributed by atoms with E-state index in [1.807, 2.05) is 58.7 Å². The van der Waals surface area contributed by atoms with Crippen LogP contribution in [-0.2, 0) is 29.0 Å². The maximum absolute atomic E-state index is 12.4. The Hall–Kier alpha value is -2.54. The van der Waals surface area contributed by atoms with Crippen molar-refractivity contribution in [3.63, 3.8) is 0 Å². The molecule has 0 aliphatic heterocycles. The van der Waals surface area contributed by atoms with Gasteiger partial charge in [0, 0.05) is 37.2 Å². The van der Waals surface area contributed by atoms with Crippen molar-refractivity contribution in [1.29, 1.82) is 0 Å². The van der Waals surface area contributed by atoms with Gasteiger partial charge in [-0.25, -0.2) is 9.97 Å². The van der Waals surface area contributed by atoms with Crippen molar-refractivity contribution in [1.82, 2.24) is 20.3 Å². The minimum Gasteiger partial charge on any atom is -0.380 e. The summed E-state index contributed by atoms with van der Waals surface area (Å²) in [5.74, 6) is 1.39. The highest BCUT2D eigenvalue weighted by molar-refractivity contribution is 5.82. The van der Waals surface area contributed by atoms with E-state index in [9.17, 15) is 4.79 Å². The topological polar surface area (TPSA) is 80.2 Å². The van der Waals surface area contributed by atoms with Gasteiger partial charge in [-0.2, -0.15) is 0 Å². The summed E-state index contributed by atoms with van der Waals surface area (Å²) in [5, 5.41) is 3.01. The second-order valence-corrected chi connectivity index (χ2v) is 8.29. The summed E-state index contributed by atoms with van der Waals surface area (Å²) < 4.78 is 5.22. The molecule has 0 bridgehead atoms. The minimum atomic E-state index is -0.261. The molecular weight excluding hydrogens is 378 g/mol. The smallest absolute Gasteiger partial charge is 0.239 e. The van der Waals surface area contributed by atoms with Crippen LogP contribution in [0.3, 0.4) is 0 Å². The number of anilines is 1. The van der Waals surface area contributed by atoms with Crippen molar-refractivity contribution < 1.29 is 9.53 Å². The molecule has 1 amide bonds.